The van der Waals surface area contributed by atoms with Gasteiger partial charge in [0.15, 0.2) is 0 Å². The molecule has 5 heteroatoms. The van der Waals surface area contributed by atoms with Crippen LogP contribution in [0.15, 0.2) is 28.9 Å². The lowest BCUT2D eigenvalue weighted by Gasteiger charge is -2.37. The van der Waals surface area contributed by atoms with E-state index in [1.807, 2.05) is 12.1 Å². The van der Waals surface area contributed by atoms with Crippen LogP contribution in [0.5, 0.6) is 0 Å². The first-order chi connectivity index (χ1) is 10.1. The highest BCUT2D eigenvalue weighted by Crippen LogP contribution is 2.35. The summed E-state index contributed by atoms with van der Waals surface area (Å²) in [6.45, 7) is 2.08. The van der Waals surface area contributed by atoms with E-state index in [-0.39, 0.29) is 0 Å². The van der Waals surface area contributed by atoms with Crippen molar-refractivity contribution in [3.8, 4) is 0 Å². The van der Waals surface area contributed by atoms with Crippen LogP contribution < -0.4 is 10.6 Å². The lowest BCUT2D eigenvalue weighted by molar-refractivity contribution is 0.250. The van der Waals surface area contributed by atoms with Crippen molar-refractivity contribution in [1.29, 1.82) is 0 Å². The number of anilines is 2. The van der Waals surface area contributed by atoms with Gasteiger partial charge < -0.3 is 15.5 Å². The van der Waals surface area contributed by atoms with Gasteiger partial charge in [0.05, 0.1) is 23.1 Å². The summed E-state index contributed by atoms with van der Waals surface area (Å²) in [6, 6.07) is 6.84. The van der Waals surface area contributed by atoms with Crippen LogP contribution in [0.3, 0.4) is 0 Å². The molecule has 2 aromatic rings. The fourth-order valence-electron chi connectivity index (χ4n) is 3.13. The molecule has 112 valence electrons. The molecule has 1 aromatic heterocycles. The standard InChI is InChI=1S/C16H21BrN4/c1-20(2)12-5-7-21(8-6-12)16-13-9-11(17)3-4-15(13)19-10-14(16)18/h3-4,9-10,12H,5-8,18H2,1-2H3. The van der Waals surface area contributed by atoms with Gasteiger partial charge in [0.25, 0.3) is 0 Å². The fraction of sp³-hybridized carbons (Fsp3) is 0.438. The van der Waals surface area contributed by atoms with Crippen LogP contribution in [0.1, 0.15) is 12.8 Å². The number of benzene rings is 1. The summed E-state index contributed by atoms with van der Waals surface area (Å²) >= 11 is 3.55. The smallest absolute Gasteiger partial charge is 0.0745 e. The van der Waals surface area contributed by atoms with E-state index >= 15 is 0 Å². The van der Waals surface area contributed by atoms with Gasteiger partial charge in [-0.05, 0) is 45.1 Å². The summed E-state index contributed by atoms with van der Waals surface area (Å²) in [5, 5.41) is 1.13. The number of halogens is 1. The Morgan fingerprint density at radius 1 is 1.29 bits per heavy atom. The molecule has 0 bridgehead atoms. The predicted molar refractivity (Wildman–Crippen MR) is 92.8 cm³/mol. The Kier molecular flexibility index (Phi) is 4.04. The summed E-state index contributed by atoms with van der Waals surface area (Å²) in [5.41, 5.74) is 9.13. The van der Waals surface area contributed by atoms with Gasteiger partial charge in [-0.25, -0.2) is 0 Å². The molecular weight excluding hydrogens is 328 g/mol. The van der Waals surface area contributed by atoms with Gasteiger partial charge in [0.2, 0.25) is 0 Å². The number of nitrogens with zero attached hydrogens (tertiary/aromatic N) is 3. The number of nitrogen functional groups attached to an aromatic ring is 1. The van der Waals surface area contributed by atoms with Crippen LogP contribution in [0.4, 0.5) is 11.4 Å². The highest BCUT2D eigenvalue weighted by Gasteiger charge is 2.23. The average molecular weight is 349 g/mol. The Morgan fingerprint density at radius 3 is 2.67 bits per heavy atom. The molecule has 0 spiro atoms. The first-order valence-electron chi connectivity index (χ1n) is 7.31. The third-order valence-corrected chi connectivity index (χ3v) is 4.83. The molecule has 1 aromatic carbocycles. The molecule has 2 heterocycles. The first-order valence-corrected chi connectivity index (χ1v) is 8.10. The third-order valence-electron chi connectivity index (χ3n) is 4.34. The second-order valence-corrected chi connectivity index (χ2v) is 6.82. The minimum absolute atomic E-state index is 0.669. The van der Waals surface area contributed by atoms with Gasteiger partial charge in [-0.3, -0.25) is 4.98 Å². The molecule has 0 saturated carbocycles. The number of rotatable bonds is 2. The summed E-state index contributed by atoms with van der Waals surface area (Å²) in [6.07, 6.45) is 4.12. The summed E-state index contributed by atoms with van der Waals surface area (Å²) in [5.74, 6) is 0. The Labute approximate surface area is 134 Å². The molecule has 4 nitrogen and oxygen atoms in total. The molecule has 3 rings (SSSR count). The van der Waals surface area contributed by atoms with Crippen molar-refractivity contribution in [3.63, 3.8) is 0 Å². The van der Waals surface area contributed by atoms with Crippen LogP contribution >= 0.6 is 15.9 Å². The molecule has 1 saturated heterocycles. The highest BCUT2D eigenvalue weighted by molar-refractivity contribution is 9.10. The SMILES string of the molecule is CN(C)C1CCN(c2c(N)cnc3ccc(Br)cc23)CC1. The van der Waals surface area contributed by atoms with E-state index in [1.165, 1.54) is 12.8 Å². The van der Waals surface area contributed by atoms with Crippen molar-refractivity contribution in [3.05, 3.63) is 28.9 Å². The zero-order chi connectivity index (χ0) is 15.0. The van der Waals surface area contributed by atoms with Gasteiger partial charge in [-0.2, -0.15) is 0 Å². The minimum Gasteiger partial charge on any atom is -0.396 e. The lowest BCUT2D eigenvalue weighted by atomic mass is 10.0. The number of nitrogens with two attached hydrogens (primary N) is 1. The quantitative estimate of drug-likeness (QED) is 0.905. The number of fused-ring (bicyclic) bond motifs is 1. The second kappa shape index (κ2) is 5.81. The van der Waals surface area contributed by atoms with Gasteiger partial charge >= 0.3 is 0 Å². The topological polar surface area (TPSA) is 45.4 Å². The van der Waals surface area contributed by atoms with Crippen LogP contribution in [0.2, 0.25) is 0 Å². The van der Waals surface area contributed by atoms with Crippen molar-refractivity contribution in [2.45, 2.75) is 18.9 Å². The number of piperidine rings is 1. The molecule has 1 fully saturated rings. The Balaban J connectivity index is 1.97. The zero-order valence-corrected chi connectivity index (χ0v) is 14.1. The van der Waals surface area contributed by atoms with Crippen molar-refractivity contribution >= 4 is 38.2 Å². The summed E-state index contributed by atoms with van der Waals surface area (Å²) in [7, 11) is 4.32. The molecule has 1 aliphatic heterocycles. The average Bonchev–Trinajstić information content (AvgIpc) is 2.47. The molecule has 2 N–H and O–H groups in total. The van der Waals surface area contributed by atoms with E-state index in [1.54, 1.807) is 6.20 Å². The van der Waals surface area contributed by atoms with E-state index in [9.17, 15) is 0 Å². The van der Waals surface area contributed by atoms with Gasteiger partial charge in [-0.1, -0.05) is 15.9 Å². The Bertz CT molecular complexity index is 643. The molecule has 0 unspecified atom stereocenters. The number of hydrogen-bond acceptors (Lipinski definition) is 4. The van der Waals surface area contributed by atoms with Gasteiger partial charge in [0, 0.05) is 29.0 Å². The van der Waals surface area contributed by atoms with Crippen LogP contribution in [-0.2, 0) is 0 Å². The molecule has 0 amide bonds. The Morgan fingerprint density at radius 2 is 2.00 bits per heavy atom. The fourth-order valence-corrected chi connectivity index (χ4v) is 3.49. The molecule has 0 radical (unpaired) electrons. The predicted octanol–water partition coefficient (Wildman–Crippen LogP) is 3.11. The minimum atomic E-state index is 0.669. The normalized spacial score (nSPS) is 16.9. The summed E-state index contributed by atoms with van der Waals surface area (Å²) < 4.78 is 1.06. The van der Waals surface area contributed by atoms with Crippen molar-refractivity contribution in [2.24, 2.45) is 0 Å². The number of pyridine rings is 1. The number of hydrogen-bond donors (Lipinski definition) is 1. The van der Waals surface area contributed by atoms with E-state index in [0.29, 0.717) is 6.04 Å². The van der Waals surface area contributed by atoms with E-state index in [0.717, 1.165) is 39.8 Å². The number of aromatic nitrogens is 1. The maximum atomic E-state index is 6.23. The highest BCUT2D eigenvalue weighted by atomic mass is 79.9. The van der Waals surface area contributed by atoms with Gasteiger partial charge in [-0.15, -0.1) is 0 Å². The van der Waals surface area contributed by atoms with Crippen molar-refractivity contribution in [1.82, 2.24) is 9.88 Å². The first kappa shape index (κ1) is 14.6. The maximum Gasteiger partial charge on any atom is 0.0745 e. The monoisotopic (exact) mass is 348 g/mol. The molecule has 0 aliphatic carbocycles. The second-order valence-electron chi connectivity index (χ2n) is 5.91. The van der Waals surface area contributed by atoms with Crippen LogP contribution in [0.25, 0.3) is 10.9 Å². The summed E-state index contributed by atoms with van der Waals surface area (Å²) in [4.78, 5) is 9.17. The van der Waals surface area contributed by atoms with E-state index in [4.69, 9.17) is 5.73 Å². The lowest BCUT2D eigenvalue weighted by Crippen LogP contribution is -2.42. The van der Waals surface area contributed by atoms with Gasteiger partial charge in [0.1, 0.15) is 0 Å². The Hall–Kier alpha value is -1.33. The molecule has 1 aliphatic rings. The maximum absolute atomic E-state index is 6.23. The largest absolute Gasteiger partial charge is 0.396 e. The molecular formula is C16H21BrN4. The zero-order valence-electron chi connectivity index (χ0n) is 12.5. The van der Waals surface area contributed by atoms with Crippen LogP contribution in [-0.4, -0.2) is 43.1 Å². The van der Waals surface area contributed by atoms with E-state index in [2.05, 4.69) is 50.9 Å². The van der Waals surface area contributed by atoms with E-state index < -0.39 is 0 Å². The third kappa shape index (κ3) is 2.85. The van der Waals surface area contributed by atoms with Crippen LogP contribution in [0, 0.1) is 0 Å². The van der Waals surface area contributed by atoms with Crippen molar-refractivity contribution in [2.75, 3.05) is 37.8 Å². The molecule has 0 atom stereocenters. The molecule has 21 heavy (non-hydrogen) atoms. The van der Waals surface area contributed by atoms with Crippen molar-refractivity contribution < 1.29 is 0 Å².